The first-order chi connectivity index (χ1) is 13.6. The van der Waals surface area contributed by atoms with Crippen molar-refractivity contribution in [1.29, 1.82) is 0 Å². The Labute approximate surface area is 175 Å². The van der Waals surface area contributed by atoms with E-state index in [1.807, 2.05) is 43.3 Å². The number of hydrogen-bond donors (Lipinski definition) is 1. The summed E-state index contributed by atoms with van der Waals surface area (Å²) < 4.78 is 15.2. The summed E-state index contributed by atoms with van der Waals surface area (Å²) in [5, 5.41) is 11.7. The van der Waals surface area contributed by atoms with Gasteiger partial charge in [0.2, 0.25) is 0 Å². The lowest BCUT2D eigenvalue weighted by molar-refractivity contribution is -0.0195. The third kappa shape index (κ3) is 2.55. The van der Waals surface area contributed by atoms with Crippen LogP contribution in [0, 0.1) is 23.2 Å². The Kier molecular flexibility index (Phi) is 4.11. The molecule has 0 bridgehead atoms. The Morgan fingerprint density at radius 3 is 2.14 bits per heavy atom. The van der Waals surface area contributed by atoms with Crippen molar-refractivity contribution in [2.45, 2.75) is 63.1 Å². The Morgan fingerprint density at radius 2 is 1.52 bits per heavy atom. The summed E-state index contributed by atoms with van der Waals surface area (Å²) in [6.45, 7) is 8.95. The van der Waals surface area contributed by atoms with Gasteiger partial charge in [-0.1, -0.05) is 81.4 Å². The maximum absolute atomic E-state index is 15.2. The summed E-state index contributed by atoms with van der Waals surface area (Å²) in [6, 6.07) is 20.5. The van der Waals surface area contributed by atoms with Gasteiger partial charge in [-0.15, -0.1) is 0 Å². The maximum atomic E-state index is 15.2. The van der Waals surface area contributed by atoms with Crippen LogP contribution in [-0.4, -0.2) is 15.9 Å². The molecule has 1 heterocycles. The molecule has 7 unspecified atom stereocenters. The zero-order valence-corrected chi connectivity index (χ0v) is 18.9. The summed E-state index contributed by atoms with van der Waals surface area (Å²) in [7, 11) is -2.81. The van der Waals surface area contributed by atoms with Crippen LogP contribution >= 0.6 is 7.14 Å². The summed E-state index contributed by atoms with van der Waals surface area (Å²) in [6.07, 6.45) is 2.57. The van der Waals surface area contributed by atoms with Crippen molar-refractivity contribution in [1.82, 2.24) is 0 Å². The highest BCUT2D eigenvalue weighted by Crippen LogP contribution is 2.87. The van der Waals surface area contributed by atoms with Gasteiger partial charge in [0, 0.05) is 17.2 Å². The molecule has 0 radical (unpaired) electrons. The monoisotopic (exact) mass is 408 g/mol. The van der Waals surface area contributed by atoms with E-state index in [9.17, 15) is 5.11 Å². The van der Waals surface area contributed by atoms with E-state index in [0.717, 1.165) is 24.0 Å². The van der Waals surface area contributed by atoms with E-state index in [1.54, 1.807) is 0 Å². The molecular weight excluding hydrogens is 375 g/mol. The van der Waals surface area contributed by atoms with Crippen LogP contribution in [0.2, 0.25) is 0 Å². The molecule has 2 aliphatic carbocycles. The average Bonchev–Trinajstić information content (AvgIpc) is 3.16. The molecule has 2 saturated carbocycles. The Balaban J connectivity index is 1.68. The van der Waals surface area contributed by atoms with Gasteiger partial charge >= 0.3 is 0 Å². The van der Waals surface area contributed by atoms with Crippen molar-refractivity contribution in [2.75, 3.05) is 0 Å². The molecule has 154 valence electrons. The van der Waals surface area contributed by atoms with Gasteiger partial charge in [0.15, 0.2) is 0 Å². The lowest BCUT2D eigenvalue weighted by Gasteiger charge is -2.42. The van der Waals surface area contributed by atoms with Gasteiger partial charge in [0.05, 0.1) is 11.3 Å². The smallest absolute Gasteiger partial charge is 0.108 e. The minimum absolute atomic E-state index is 0.0813. The molecule has 2 aromatic carbocycles. The molecule has 3 heteroatoms. The molecule has 0 aromatic heterocycles. The lowest BCUT2D eigenvalue weighted by atomic mass is 9.69. The van der Waals surface area contributed by atoms with E-state index in [2.05, 4.69) is 45.0 Å². The van der Waals surface area contributed by atoms with Gasteiger partial charge in [0.1, 0.15) is 7.14 Å². The molecule has 1 N–H and O–H groups in total. The van der Waals surface area contributed by atoms with Crippen molar-refractivity contribution in [3.63, 3.8) is 0 Å². The van der Waals surface area contributed by atoms with Crippen LogP contribution in [0.5, 0.6) is 0 Å². The van der Waals surface area contributed by atoms with E-state index in [4.69, 9.17) is 0 Å². The van der Waals surface area contributed by atoms with Crippen LogP contribution in [0.3, 0.4) is 0 Å². The molecule has 0 spiro atoms. The van der Waals surface area contributed by atoms with E-state index in [0.29, 0.717) is 23.4 Å². The minimum atomic E-state index is -2.81. The third-order valence-electron chi connectivity index (χ3n) is 9.08. The maximum Gasteiger partial charge on any atom is 0.108 e. The van der Waals surface area contributed by atoms with Crippen LogP contribution < -0.4 is 0 Å². The van der Waals surface area contributed by atoms with E-state index in [1.165, 1.54) is 0 Å². The van der Waals surface area contributed by atoms with E-state index in [-0.39, 0.29) is 16.7 Å². The number of fused-ring (bicyclic) bond motifs is 2. The predicted octanol–water partition coefficient (Wildman–Crippen LogP) is 6.50. The number of aliphatic hydroxyl groups is 1. The fourth-order valence-corrected chi connectivity index (χ4v) is 12.3. The summed E-state index contributed by atoms with van der Waals surface area (Å²) >= 11 is 0. The molecule has 2 nitrogen and oxygen atoms in total. The predicted molar refractivity (Wildman–Crippen MR) is 119 cm³/mol. The highest BCUT2D eigenvalue weighted by Gasteiger charge is 2.76. The standard InChI is InChI=1S/C26H33O2P/c1-24(2)20-15-22-25(3,16-21(20)24)29(28,17-18-11-7-5-8-12-18)23(26(22,4)27)19-13-9-6-10-14-19/h5-14,20-23,27H,15-17H2,1-4H3. The van der Waals surface area contributed by atoms with E-state index < -0.39 is 12.7 Å². The van der Waals surface area contributed by atoms with Crippen LogP contribution in [0.25, 0.3) is 0 Å². The van der Waals surface area contributed by atoms with Crippen molar-refractivity contribution in [3.8, 4) is 0 Å². The Hall–Kier alpha value is -1.37. The highest BCUT2D eigenvalue weighted by atomic mass is 31.2. The summed E-state index contributed by atoms with van der Waals surface area (Å²) in [5.41, 5.74) is 1.24. The van der Waals surface area contributed by atoms with Gasteiger partial charge in [-0.2, -0.15) is 0 Å². The van der Waals surface area contributed by atoms with Crippen LogP contribution in [0.4, 0.5) is 0 Å². The highest BCUT2D eigenvalue weighted by molar-refractivity contribution is 7.65. The quantitative estimate of drug-likeness (QED) is 0.589. The fourth-order valence-electron chi connectivity index (χ4n) is 7.36. The molecule has 5 rings (SSSR count). The SMILES string of the molecule is CC1(C)C2CC3C(C)(O)C(c4ccccc4)P(=O)(Cc4ccccc4)C3(C)CC21. The van der Waals surface area contributed by atoms with Crippen molar-refractivity contribution < 1.29 is 9.67 Å². The number of rotatable bonds is 3. The second kappa shape index (κ2) is 6.08. The first kappa shape index (κ1) is 19.6. The normalized spacial score (nSPS) is 44.7. The van der Waals surface area contributed by atoms with Crippen LogP contribution in [0.1, 0.15) is 57.3 Å². The van der Waals surface area contributed by atoms with Crippen LogP contribution in [-0.2, 0) is 10.7 Å². The van der Waals surface area contributed by atoms with E-state index >= 15 is 4.57 Å². The topological polar surface area (TPSA) is 37.3 Å². The fraction of sp³-hybridized carbons (Fsp3) is 0.538. The van der Waals surface area contributed by atoms with Gasteiger partial charge in [-0.3, -0.25) is 0 Å². The number of hydrogen-bond acceptors (Lipinski definition) is 2. The molecule has 3 fully saturated rings. The molecule has 29 heavy (non-hydrogen) atoms. The van der Waals surface area contributed by atoms with Gasteiger partial charge < -0.3 is 9.67 Å². The Morgan fingerprint density at radius 1 is 0.931 bits per heavy atom. The van der Waals surface area contributed by atoms with Crippen molar-refractivity contribution >= 4 is 7.14 Å². The second-order valence-corrected chi connectivity index (χ2v) is 14.3. The molecule has 1 aliphatic heterocycles. The largest absolute Gasteiger partial charge is 0.389 e. The molecule has 0 amide bonds. The first-order valence-corrected chi connectivity index (χ1v) is 13.0. The molecule has 7 atom stereocenters. The zero-order valence-electron chi connectivity index (χ0n) is 18.0. The molecular formula is C26H33O2P. The Bertz CT molecular complexity index is 965. The van der Waals surface area contributed by atoms with Crippen molar-refractivity contribution in [2.24, 2.45) is 23.2 Å². The van der Waals surface area contributed by atoms with Gasteiger partial charge in [-0.05, 0) is 48.1 Å². The third-order valence-corrected chi connectivity index (χ3v) is 13.8. The second-order valence-electron chi connectivity index (χ2n) is 10.9. The van der Waals surface area contributed by atoms with Gasteiger partial charge in [0.25, 0.3) is 0 Å². The zero-order chi connectivity index (χ0) is 20.7. The molecule has 1 saturated heterocycles. The van der Waals surface area contributed by atoms with Crippen LogP contribution in [0.15, 0.2) is 60.7 Å². The first-order valence-electron chi connectivity index (χ1n) is 11.0. The van der Waals surface area contributed by atoms with Gasteiger partial charge in [-0.25, -0.2) is 0 Å². The van der Waals surface area contributed by atoms with Crippen molar-refractivity contribution in [3.05, 3.63) is 71.8 Å². The summed E-state index contributed by atoms with van der Waals surface area (Å²) in [4.78, 5) is 0. The summed E-state index contributed by atoms with van der Waals surface area (Å²) in [5.74, 6) is 1.38. The lowest BCUT2D eigenvalue weighted by Crippen LogP contribution is -2.44. The minimum Gasteiger partial charge on any atom is -0.389 e. The molecule has 2 aromatic rings. The molecule has 3 aliphatic rings. The number of benzene rings is 2. The average molecular weight is 409 g/mol.